The number of urea groups is 1. The number of methoxy groups -OCH3 is 1. The Morgan fingerprint density at radius 3 is 2.57 bits per heavy atom. The highest BCUT2D eigenvalue weighted by Crippen LogP contribution is 2.17. The zero-order valence-corrected chi connectivity index (χ0v) is 13.9. The fourth-order valence-electron chi connectivity index (χ4n) is 2.41. The lowest BCUT2D eigenvalue weighted by Gasteiger charge is -2.15. The first-order valence-corrected chi connectivity index (χ1v) is 7.82. The molecule has 2 rings (SSSR count). The fourth-order valence-corrected chi connectivity index (χ4v) is 2.41. The van der Waals surface area contributed by atoms with E-state index in [1.807, 2.05) is 37.3 Å². The van der Waals surface area contributed by atoms with E-state index in [0.29, 0.717) is 6.54 Å². The Morgan fingerprint density at radius 2 is 1.91 bits per heavy atom. The minimum absolute atomic E-state index is 0.0557. The molecule has 0 aromatic heterocycles. The second kappa shape index (κ2) is 8.22. The van der Waals surface area contributed by atoms with E-state index in [2.05, 4.69) is 35.8 Å². The molecule has 0 spiro atoms. The van der Waals surface area contributed by atoms with E-state index in [1.54, 1.807) is 7.11 Å². The lowest BCUT2D eigenvalue weighted by atomic mass is 10.1. The zero-order valence-electron chi connectivity index (χ0n) is 13.9. The Kier molecular flexibility index (Phi) is 6.03. The normalized spacial score (nSPS) is 11.6. The summed E-state index contributed by atoms with van der Waals surface area (Å²) in [5.74, 6) is 0.809. The van der Waals surface area contributed by atoms with Crippen LogP contribution in [0.5, 0.6) is 5.75 Å². The topological polar surface area (TPSA) is 50.4 Å². The highest BCUT2D eigenvalue weighted by molar-refractivity contribution is 5.74. The van der Waals surface area contributed by atoms with E-state index in [-0.39, 0.29) is 12.1 Å². The summed E-state index contributed by atoms with van der Waals surface area (Å²) in [5.41, 5.74) is 3.51. The molecule has 0 aliphatic carbocycles. The number of aryl methyl sites for hydroxylation is 1. The minimum atomic E-state index is -0.152. The van der Waals surface area contributed by atoms with E-state index >= 15 is 0 Å². The van der Waals surface area contributed by atoms with Gasteiger partial charge in [-0.15, -0.1) is 0 Å². The van der Waals surface area contributed by atoms with Crippen molar-refractivity contribution < 1.29 is 9.53 Å². The monoisotopic (exact) mass is 312 g/mol. The van der Waals surface area contributed by atoms with Crippen LogP contribution in [0, 0.1) is 6.92 Å². The van der Waals surface area contributed by atoms with Gasteiger partial charge < -0.3 is 15.4 Å². The van der Waals surface area contributed by atoms with Gasteiger partial charge in [0.25, 0.3) is 0 Å². The minimum Gasteiger partial charge on any atom is -0.497 e. The van der Waals surface area contributed by atoms with Crippen molar-refractivity contribution in [2.45, 2.75) is 26.3 Å². The van der Waals surface area contributed by atoms with E-state index in [1.165, 1.54) is 11.1 Å². The van der Waals surface area contributed by atoms with Gasteiger partial charge in [-0.25, -0.2) is 4.79 Å². The number of carbonyl (C=O) groups excluding carboxylic acids is 1. The summed E-state index contributed by atoms with van der Waals surface area (Å²) in [6.45, 7) is 4.65. The lowest BCUT2D eigenvalue weighted by Crippen LogP contribution is -2.38. The van der Waals surface area contributed by atoms with E-state index in [9.17, 15) is 4.79 Å². The molecule has 4 nitrogen and oxygen atoms in total. The van der Waals surface area contributed by atoms with Gasteiger partial charge in [-0.05, 0) is 43.5 Å². The van der Waals surface area contributed by atoms with Crippen LogP contribution < -0.4 is 15.4 Å². The third-order valence-electron chi connectivity index (χ3n) is 3.75. The van der Waals surface area contributed by atoms with Crippen LogP contribution in [-0.4, -0.2) is 19.7 Å². The second-order valence-electron chi connectivity index (χ2n) is 5.63. The molecule has 23 heavy (non-hydrogen) atoms. The highest BCUT2D eigenvalue weighted by Gasteiger charge is 2.09. The van der Waals surface area contributed by atoms with Crippen molar-refractivity contribution in [3.05, 3.63) is 65.2 Å². The maximum absolute atomic E-state index is 12.0. The third-order valence-corrected chi connectivity index (χ3v) is 3.75. The number of nitrogens with one attached hydrogen (secondary N) is 2. The van der Waals surface area contributed by atoms with Crippen LogP contribution in [-0.2, 0) is 6.42 Å². The third kappa shape index (κ3) is 5.33. The van der Waals surface area contributed by atoms with Gasteiger partial charge in [0.05, 0.1) is 13.2 Å². The SMILES string of the molecule is COc1ccc(C(C)NC(=O)NCCc2cccc(C)c2)cc1. The average molecular weight is 312 g/mol. The Balaban J connectivity index is 1.77. The Bertz CT molecular complexity index is 638. The predicted octanol–water partition coefficient (Wildman–Crippen LogP) is 3.61. The van der Waals surface area contributed by atoms with Gasteiger partial charge in [-0.2, -0.15) is 0 Å². The molecule has 1 atom stereocenters. The van der Waals surface area contributed by atoms with Gasteiger partial charge in [-0.1, -0.05) is 42.0 Å². The lowest BCUT2D eigenvalue weighted by molar-refractivity contribution is 0.238. The first-order valence-electron chi connectivity index (χ1n) is 7.82. The summed E-state index contributed by atoms with van der Waals surface area (Å²) in [6.07, 6.45) is 0.825. The van der Waals surface area contributed by atoms with Crippen LogP contribution in [0.4, 0.5) is 4.79 Å². The summed E-state index contributed by atoms with van der Waals surface area (Å²) in [4.78, 5) is 12.0. The summed E-state index contributed by atoms with van der Waals surface area (Å²) in [7, 11) is 1.64. The summed E-state index contributed by atoms with van der Waals surface area (Å²) in [6, 6.07) is 15.8. The first kappa shape index (κ1) is 16.9. The van der Waals surface area contributed by atoms with Crippen LogP contribution in [0.2, 0.25) is 0 Å². The molecule has 0 aliphatic rings. The van der Waals surface area contributed by atoms with Crippen LogP contribution in [0.25, 0.3) is 0 Å². The number of hydrogen-bond donors (Lipinski definition) is 2. The van der Waals surface area contributed by atoms with Gasteiger partial charge in [0, 0.05) is 6.54 Å². The summed E-state index contributed by atoms with van der Waals surface area (Å²) < 4.78 is 5.13. The number of benzene rings is 2. The molecular formula is C19H24N2O2. The molecule has 2 aromatic rings. The molecule has 122 valence electrons. The Hall–Kier alpha value is -2.49. The van der Waals surface area contributed by atoms with Crippen molar-refractivity contribution in [3.8, 4) is 5.75 Å². The van der Waals surface area contributed by atoms with Crippen molar-refractivity contribution in [1.29, 1.82) is 0 Å². The molecule has 0 fully saturated rings. The molecule has 0 heterocycles. The molecule has 0 saturated carbocycles. The molecule has 0 aliphatic heterocycles. The van der Waals surface area contributed by atoms with Crippen molar-refractivity contribution in [3.63, 3.8) is 0 Å². The van der Waals surface area contributed by atoms with Crippen molar-refractivity contribution in [2.75, 3.05) is 13.7 Å². The van der Waals surface area contributed by atoms with E-state index < -0.39 is 0 Å². The number of rotatable bonds is 6. The maximum atomic E-state index is 12.0. The molecular weight excluding hydrogens is 288 g/mol. The van der Waals surface area contributed by atoms with Gasteiger partial charge >= 0.3 is 6.03 Å². The summed E-state index contributed by atoms with van der Waals surface area (Å²) >= 11 is 0. The Morgan fingerprint density at radius 1 is 1.17 bits per heavy atom. The smallest absolute Gasteiger partial charge is 0.315 e. The first-order chi connectivity index (χ1) is 11.1. The quantitative estimate of drug-likeness (QED) is 0.856. The molecule has 2 amide bonds. The molecule has 0 radical (unpaired) electrons. The fraction of sp³-hybridized carbons (Fsp3) is 0.316. The largest absolute Gasteiger partial charge is 0.497 e. The van der Waals surface area contributed by atoms with Crippen LogP contribution >= 0.6 is 0 Å². The summed E-state index contributed by atoms with van der Waals surface area (Å²) in [5, 5.41) is 5.84. The number of ether oxygens (including phenoxy) is 1. The van der Waals surface area contributed by atoms with Crippen LogP contribution in [0.3, 0.4) is 0 Å². The Labute approximate surface area is 137 Å². The molecule has 4 heteroatoms. The molecule has 2 N–H and O–H groups in total. The maximum Gasteiger partial charge on any atom is 0.315 e. The van der Waals surface area contributed by atoms with Crippen molar-refractivity contribution in [2.24, 2.45) is 0 Å². The second-order valence-corrected chi connectivity index (χ2v) is 5.63. The molecule has 0 bridgehead atoms. The zero-order chi connectivity index (χ0) is 16.7. The van der Waals surface area contributed by atoms with E-state index in [0.717, 1.165) is 17.7 Å². The molecule has 2 aromatic carbocycles. The average Bonchev–Trinajstić information content (AvgIpc) is 2.55. The van der Waals surface area contributed by atoms with E-state index in [4.69, 9.17) is 4.74 Å². The number of carbonyl (C=O) groups is 1. The van der Waals surface area contributed by atoms with Gasteiger partial charge in [-0.3, -0.25) is 0 Å². The van der Waals surface area contributed by atoms with Gasteiger partial charge in [0.1, 0.15) is 5.75 Å². The predicted molar refractivity (Wildman–Crippen MR) is 92.8 cm³/mol. The van der Waals surface area contributed by atoms with Crippen molar-refractivity contribution in [1.82, 2.24) is 10.6 Å². The standard InChI is InChI=1S/C19H24N2O2/c1-14-5-4-6-16(13-14)11-12-20-19(22)21-15(2)17-7-9-18(23-3)10-8-17/h4-10,13,15H,11-12H2,1-3H3,(H2,20,21,22). The molecule has 1 unspecified atom stereocenters. The van der Waals surface area contributed by atoms with Crippen molar-refractivity contribution >= 4 is 6.03 Å². The van der Waals surface area contributed by atoms with Crippen LogP contribution in [0.15, 0.2) is 48.5 Å². The number of hydrogen-bond acceptors (Lipinski definition) is 2. The number of amides is 2. The highest BCUT2D eigenvalue weighted by atomic mass is 16.5. The van der Waals surface area contributed by atoms with Crippen LogP contribution in [0.1, 0.15) is 29.7 Å². The van der Waals surface area contributed by atoms with Gasteiger partial charge in [0.15, 0.2) is 0 Å². The van der Waals surface area contributed by atoms with Gasteiger partial charge in [0.2, 0.25) is 0 Å². The molecule has 0 saturated heterocycles.